The summed E-state index contributed by atoms with van der Waals surface area (Å²) < 4.78 is 18.9. The highest BCUT2D eigenvalue weighted by Gasteiger charge is 2.19. The van der Waals surface area contributed by atoms with Crippen LogP contribution in [0.4, 0.5) is 28.4 Å². The van der Waals surface area contributed by atoms with E-state index in [4.69, 9.17) is 8.83 Å². The molecule has 111 heavy (non-hydrogen) atoms. The summed E-state index contributed by atoms with van der Waals surface area (Å²) in [4.78, 5) is 2.34. The molecule has 0 aliphatic rings. The molecule has 4 heterocycles. The van der Waals surface area contributed by atoms with E-state index in [-0.39, 0.29) is 0 Å². The van der Waals surface area contributed by atoms with Crippen LogP contribution in [0.15, 0.2) is 414 Å². The van der Waals surface area contributed by atoms with Gasteiger partial charge in [-0.1, -0.05) is 295 Å². The zero-order valence-corrected chi connectivity index (χ0v) is 63.3. The number of nitrogens with zero attached hydrogens (tertiary/aromatic N) is 1. The van der Waals surface area contributed by atoms with E-state index in [1.807, 2.05) is 59.1 Å². The van der Waals surface area contributed by atoms with Crippen molar-refractivity contribution < 1.29 is 8.83 Å². The molecule has 0 aliphatic carbocycles. The van der Waals surface area contributed by atoms with Gasteiger partial charge in [0, 0.05) is 106 Å². The fourth-order valence-electron chi connectivity index (χ4n) is 15.8. The number of furan rings is 2. The first-order valence-corrected chi connectivity index (χ1v) is 39.8. The molecule has 0 bridgehead atoms. The Bertz CT molecular complexity index is 7190. The second-order valence-electron chi connectivity index (χ2n) is 28.0. The van der Waals surface area contributed by atoms with Crippen LogP contribution in [0.25, 0.3) is 173 Å². The van der Waals surface area contributed by atoms with Crippen LogP contribution in [0.1, 0.15) is 0 Å². The molecule has 0 saturated heterocycles. The van der Waals surface area contributed by atoms with E-state index in [0.717, 1.165) is 88.3 Å². The van der Waals surface area contributed by atoms with Crippen molar-refractivity contribution in [3.05, 3.63) is 405 Å². The molecule has 0 amide bonds. The zero-order valence-electron chi connectivity index (χ0n) is 60.1. The Hall–Kier alpha value is -13.4. The summed E-state index contributed by atoms with van der Waals surface area (Å²) in [6.07, 6.45) is 0. The van der Waals surface area contributed by atoms with E-state index in [1.54, 1.807) is 0 Å². The van der Waals surface area contributed by atoms with Crippen molar-refractivity contribution in [2.45, 2.75) is 0 Å². The molecule has 0 unspecified atom stereocenters. The highest BCUT2D eigenvalue weighted by molar-refractivity contribution is 9.10. The Morgan fingerprint density at radius 1 is 0.234 bits per heavy atom. The van der Waals surface area contributed by atoms with Gasteiger partial charge in [0.15, 0.2) is 0 Å². The minimum absolute atomic E-state index is 0.909. The van der Waals surface area contributed by atoms with E-state index in [1.165, 1.54) is 117 Å². The molecule has 0 atom stereocenters. The lowest BCUT2D eigenvalue weighted by atomic mass is 9.99. The van der Waals surface area contributed by atoms with Gasteiger partial charge in [-0.15, -0.1) is 22.7 Å². The first-order valence-electron chi connectivity index (χ1n) is 37.3. The van der Waals surface area contributed by atoms with Crippen LogP contribution in [0.5, 0.6) is 0 Å². The summed E-state index contributed by atoms with van der Waals surface area (Å²) in [6.45, 7) is 0. The van der Waals surface area contributed by atoms with Crippen molar-refractivity contribution in [1.29, 1.82) is 0 Å². The SMILES string of the molecule is Brc1ccc(-c2cccc3c2oc2ccccc23)cc1.c1ccc(-c2ccc(N(c3ccc(-c4ccc5sc6ccc7ccccc7c6c5c4)cc3)c3ccc(-c4cccc5c4oc4ccccc45)cc3)cc2)cc1.c1ccc(-c2ccc(Nc3ccc(-c4ccc5sc6ccc7ccccc7c6c5c4)cc3)cc2)cc1. The van der Waals surface area contributed by atoms with Crippen LogP contribution in [0, 0.1) is 0 Å². The predicted octanol–water partition coefficient (Wildman–Crippen LogP) is 31.9. The molecule has 0 fully saturated rings. The fraction of sp³-hybridized carbons (Fsp3) is 0. The molecule has 0 spiro atoms. The molecule has 22 aromatic rings. The number of rotatable bonds is 11. The largest absolute Gasteiger partial charge is 0.455 e. The minimum Gasteiger partial charge on any atom is -0.455 e. The minimum atomic E-state index is 0.909. The summed E-state index contributed by atoms with van der Waals surface area (Å²) in [5, 5.41) is 18.7. The standard InChI is InChI=1S/C52H33NOS.C34H23NS.C18H11BrO/c1-2-9-34(10-3-1)35-17-25-40(26-18-35)53(42-29-21-38(22-30-42)44-14-8-15-46-45-13-6-7-16-48(45)54-52(44)46)41-27-19-36(20-28-41)39-24-31-49-47(33-39)51-43-12-5-4-11-37(43)23-32-50(51)55-49;1-2-6-23(7-3-1)24-10-16-28(17-11-24)35-29-18-12-25(13-19-29)27-15-20-32-31(22-27)34-30-9-5-4-8-26(30)14-21-33(34)36-32;19-13-10-8-12(9-11-13)14-5-3-6-16-15-4-1-2-7-17(15)20-18(14)16/h1-33H;1-22,35H;1-11H. The number of thiophene rings is 2. The number of fused-ring (bicyclic) bond motifs is 16. The number of para-hydroxylation sites is 4. The third kappa shape index (κ3) is 12.9. The van der Waals surface area contributed by atoms with Gasteiger partial charge in [0.1, 0.15) is 22.3 Å². The van der Waals surface area contributed by atoms with Gasteiger partial charge in [0.2, 0.25) is 0 Å². The third-order valence-corrected chi connectivity index (χ3v) is 24.1. The van der Waals surface area contributed by atoms with Gasteiger partial charge >= 0.3 is 0 Å². The molecule has 4 nitrogen and oxygen atoms in total. The third-order valence-electron chi connectivity index (χ3n) is 21.3. The second kappa shape index (κ2) is 29.0. The second-order valence-corrected chi connectivity index (χ2v) is 31.1. The van der Waals surface area contributed by atoms with Crippen LogP contribution in [-0.4, -0.2) is 0 Å². The Kier molecular flexibility index (Phi) is 17.5. The topological polar surface area (TPSA) is 41.6 Å². The summed E-state index contributed by atoms with van der Waals surface area (Å²) >= 11 is 7.22. The molecule has 524 valence electrons. The Labute approximate surface area is 658 Å². The summed E-state index contributed by atoms with van der Waals surface area (Å²) in [5.41, 5.74) is 23.4. The van der Waals surface area contributed by atoms with Crippen molar-refractivity contribution in [3.8, 4) is 66.8 Å². The molecule has 1 N–H and O–H groups in total. The van der Waals surface area contributed by atoms with Gasteiger partial charge in [-0.3, -0.25) is 0 Å². The van der Waals surface area contributed by atoms with Crippen molar-refractivity contribution in [1.82, 2.24) is 0 Å². The monoisotopic (exact) mass is 1520 g/mol. The highest BCUT2D eigenvalue weighted by atomic mass is 79.9. The van der Waals surface area contributed by atoms with E-state index in [9.17, 15) is 0 Å². The number of nitrogens with one attached hydrogen (secondary N) is 1. The van der Waals surface area contributed by atoms with Crippen LogP contribution >= 0.6 is 38.6 Å². The molecule has 22 rings (SSSR count). The average molecular weight is 1520 g/mol. The average Bonchev–Trinajstić information content (AvgIpc) is 1.61. The van der Waals surface area contributed by atoms with E-state index < -0.39 is 0 Å². The molecular formula is C104H67BrN2O2S2. The van der Waals surface area contributed by atoms with Gasteiger partial charge < -0.3 is 19.1 Å². The number of hydrogen-bond donors (Lipinski definition) is 1. The molecule has 0 aliphatic heterocycles. The molecule has 0 radical (unpaired) electrons. The van der Waals surface area contributed by atoms with Gasteiger partial charge in [0.25, 0.3) is 0 Å². The Balaban J connectivity index is 0.000000122. The van der Waals surface area contributed by atoms with Crippen molar-refractivity contribution in [2.75, 3.05) is 10.2 Å². The van der Waals surface area contributed by atoms with Crippen LogP contribution in [-0.2, 0) is 0 Å². The normalized spacial score (nSPS) is 11.5. The number of benzene rings is 18. The maximum absolute atomic E-state index is 6.40. The van der Waals surface area contributed by atoms with Crippen LogP contribution in [0.3, 0.4) is 0 Å². The van der Waals surface area contributed by atoms with Gasteiger partial charge in [-0.25, -0.2) is 0 Å². The molecular weight excluding hydrogens is 1450 g/mol. The fourth-order valence-corrected chi connectivity index (χ4v) is 18.3. The number of hydrogen-bond acceptors (Lipinski definition) is 6. The summed E-state index contributed by atoms with van der Waals surface area (Å²) in [5.74, 6) is 0. The maximum atomic E-state index is 6.40. The first kappa shape index (κ1) is 67.0. The molecule has 0 saturated carbocycles. The van der Waals surface area contributed by atoms with Gasteiger partial charge in [0.05, 0.1) is 0 Å². The molecule has 4 aromatic heterocycles. The van der Waals surface area contributed by atoms with Crippen molar-refractivity contribution in [2.24, 2.45) is 0 Å². The maximum Gasteiger partial charge on any atom is 0.143 e. The van der Waals surface area contributed by atoms with E-state index >= 15 is 0 Å². The lowest BCUT2D eigenvalue weighted by Crippen LogP contribution is -2.09. The van der Waals surface area contributed by atoms with E-state index in [0.29, 0.717) is 0 Å². The number of halogens is 1. The number of anilines is 5. The summed E-state index contributed by atoms with van der Waals surface area (Å²) in [6, 6.07) is 143. The van der Waals surface area contributed by atoms with Crippen LogP contribution in [0.2, 0.25) is 0 Å². The lowest BCUT2D eigenvalue weighted by Gasteiger charge is -2.26. The van der Waals surface area contributed by atoms with Gasteiger partial charge in [-0.05, 0) is 199 Å². The van der Waals surface area contributed by atoms with E-state index in [2.05, 4.69) is 390 Å². The Morgan fingerprint density at radius 2 is 0.559 bits per heavy atom. The summed E-state index contributed by atoms with van der Waals surface area (Å²) in [7, 11) is 0. The van der Waals surface area contributed by atoms with Crippen molar-refractivity contribution >= 4 is 173 Å². The molecule has 18 aromatic carbocycles. The zero-order chi connectivity index (χ0) is 73.7. The highest BCUT2D eigenvalue weighted by Crippen LogP contribution is 2.46. The smallest absolute Gasteiger partial charge is 0.143 e. The van der Waals surface area contributed by atoms with Crippen molar-refractivity contribution in [3.63, 3.8) is 0 Å². The molecule has 7 heteroatoms. The van der Waals surface area contributed by atoms with Gasteiger partial charge in [-0.2, -0.15) is 0 Å². The Morgan fingerprint density at radius 3 is 0.991 bits per heavy atom. The quantitative estimate of drug-likeness (QED) is 0.140. The van der Waals surface area contributed by atoms with Crippen LogP contribution < -0.4 is 10.2 Å². The predicted molar refractivity (Wildman–Crippen MR) is 479 cm³/mol. The first-order chi connectivity index (χ1) is 54.9. The lowest BCUT2D eigenvalue weighted by molar-refractivity contribution is 0.669.